The number of nitrogens with one attached hydrogen (secondary N) is 1. The van der Waals surface area contributed by atoms with Crippen LogP contribution in [0.4, 0.5) is 5.69 Å². The normalized spacial score (nSPS) is 12.9. The largest absolute Gasteiger partial charge is 0.464 e. The molecule has 0 aromatic heterocycles. The number of para-hydroxylation sites is 1. The summed E-state index contributed by atoms with van der Waals surface area (Å²) < 4.78 is 5.14. The number of aryl methyl sites for hydroxylation is 1. The third-order valence-corrected chi connectivity index (χ3v) is 2.83. The van der Waals surface area contributed by atoms with Crippen molar-refractivity contribution < 1.29 is 9.53 Å². The second-order valence-corrected chi connectivity index (χ2v) is 5.51. The van der Waals surface area contributed by atoms with Crippen molar-refractivity contribution >= 4 is 11.7 Å². The van der Waals surface area contributed by atoms with Crippen molar-refractivity contribution in [3.63, 3.8) is 0 Å². The molecule has 0 heterocycles. The van der Waals surface area contributed by atoms with Crippen molar-refractivity contribution in [3.8, 4) is 0 Å². The first-order chi connectivity index (χ1) is 8.36. The van der Waals surface area contributed by atoms with Gasteiger partial charge in [0.05, 0.1) is 6.61 Å². The standard InChI is InChI=1S/C15H23NO2/c1-6-18-14(17)13(15(3,4)5)16-12-10-8-7-9-11(12)2/h7-10,13,16H,6H2,1-5H3. The summed E-state index contributed by atoms with van der Waals surface area (Å²) in [5.41, 5.74) is 1.90. The highest BCUT2D eigenvalue weighted by Gasteiger charge is 2.32. The monoisotopic (exact) mass is 249 g/mol. The van der Waals surface area contributed by atoms with Crippen LogP contribution in [0.5, 0.6) is 0 Å². The predicted molar refractivity (Wildman–Crippen MR) is 74.7 cm³/mol. The Kier molecular flexibility index (Phi) is 4.76. The zero-order chi connectivity index (χ0) is 13.8. The fourth-order valence-electron chi connectivity index (χ4n) is 1.74. The molecule has 0 saturated carbocycles. The lowest BCUT2D eigenvalue weighted by Crippen LogP contribution is -2.42. The highest BCUT2D eigenvalue weighted by molar-refractivity contribution is 5.80. The van der Waals surface area contributed by atoms with Gasteiger partial charge in [-0.2, -0.15) is 0 Å². The Hall–Kier alpha value is -1.51. The molecule has 0 aliphatic heterocycles. The average Bonchev–Trinajstić information content (AvgIpc) is 2.26. The Labute approximate surface area is 110 Å². The number of ether oxygens (including phenoxy) is 1. The highest BCUT2D eigenvalue weighted by Crippen LogP contribution is 2.25. The fourth-order valence-corrected chi connectivity index (χ4v) is 1.74. The molecule has 1 N–H and O–H groups in total. The van der Waals surface area contributed by atoms with Gasteiger partial charge in [0, 0.05) is 5.69 Å². The topological polar surface area (TPSA) is 38.3 Å². The summed E-state index contributed by atoms with van der Waals surface area (Å²) in [7, 11) is 0. The van der Waals surface area contributed by atoms with Crippen LogP contribution in [0.15, 0.2) is 24.3 Å². The lowest BCUT2D eigenvalue weighted by atomic mass is 9.86. The van der Waals surface area contributed by atoms with Crippen LogP contribution in [-0.2, 0) is 9.53 Å². The minimum atomic E-state index is -0.349. The third kappa shape index (κ3) is 3.76. The minimum absolute atomic E-state index is 0.200. The van der Waals surface area contributed by atoms with Crippen LogP contribution in [0.1, 0.15) is 33.3 Å². The predicted octanol–water partition coefficient (Wildman–Crippen LogP) is 3.38. The lowest BCUT2D eigenvalue weighted by molar-refractivity contribution is -0.146. The van der Waals surface area contributed by atoms with Crippen LogP contribution in [0.3, 0.4) is 0 Å². The molecular weight excluding hydrogens is 226 g/mol. The average molecular weight is 249 g/mol. The van der Waals surface area contributed by atoms with Gasteiger partial charge in [0.25, 0.3) is 0 Å². The molecule has 100 valence electrons. The Balaban J connectivity index is 2.93. The first kappa shape index (κ1) is 14.6. The molecule has 0 bridgehead atoms. The summed E-state index contributed by atoms with van der Waals surface area (Å²) in [5.74, 6) is -0.201. The molecule has 0 amide bonds. The van der Waals surface area contributed by atoms with Crippen molar-refractivity contribution in [1.82, 2.24) is 0 Å². The van der Waals surface area contributed by atoms with E-state index < -0.39 is 0 Å². The van der Waals surface area contributed by atoms with E-state index in [9.17, 15) is 4.79 Å². The second kappa shape index (κ2) is 5.89. The molecule has 1 rings (SSSR count). The maximum Gasteiger partial charge on any atom is 0.329 e. The van der Waals surface area contributed by atoms with Crippen molar-refractivity contribution in [2.75, 3.05) is 11.9 Å². The summed E-state index contributed by atoms with van der Waals surface area (Å²) in [4.78, 5) is 12.0. The number of rotatable bonds is 4. The zero-order valence-corrected chi connectivity index (χ0v) is 11.9. The van der Waals surface area contributed by atoms with Crippen LogP contribution in [0.2, 0.25) is 0 Å². The summed E-state index contributed by atoms with van der Waals surface area (Å²) in [6.07, 6.45) is 0. The van der Waals surface area contributed by atoms with Gasteiger partial charge in [0.2, 0.25) is 0 Å². The van der Waals surface area contributed by atoms with E-state index in [1.165, 1.54) is 0 Å². The number of carbonyl (C=O) groups is 1. The molecule has 1 aromatic carbocycles. The first-order valence-electron chi connectivity index (χ1n) is 6.35. The van der Waals surface area contributed by atoms with E-state index in [4.69, 9.17) is 4.74 Å². The van der Waals surface area contributed by atoms with Gasteiger partial charge in [0.1, 0.15) is 6.04 Å². The molecule has 3 nitrogen and oxygen atoms in total. The van der Waals surface area contributed by atoms with Crippen LogP contribution < -0.4 is 5.32 Å². The molecule has 1 aromatic rings. The second-order valence-electron chi connectivity index (χ2n) is 5.51. The third-order valence-electron chi connectivity index (χ3n) is 2.83. The molecule has 18 heavy (non-hydrogen) atoms. The van der Waals surface area contributed by atoms with Crippen LogP contribution in [0.25, 0.3) is 0 Å². The molecule has 0 spiro atoms. The minimum Gasteiger partial charge on any atom is -0.464 e. The number of carbonyl (C=O) groups excluding carboxylic acids is 1. The molecule has 1 unspecified atom stereocenters. The van der Waals surface area contributed by atoms with Crippen LogP contribution >= 0.6 is 0 Å². The zero-order valence-electron chi connectivity index (χ0n) is 11.9. The van der Waals surface area contributed by atoms with Crippen molar-refractivity contribution in [3.05, 3.63) is 29.8 Å². The summed E-state index contributed by atoms with van der Waals surface area (Å²) >= 11 is 0. The van der Waals surface area contributed by atoms with E-state index in [1.54, 1.807) is 0 Å². The molecule has 0 saturated heterocycles. The molecule has 0 aliphatic carbocycles. The van der Waals surface area contributed by atoms with E-state index >= 15 is 0 Å². The molecular formula is C15H23NO2. The van der Waals surface area contributed by atoms with Gasteiger partial charge in [-0.15, -0.1) is 0 Å². The molecule has 0 fully saturated rings. The van der Waals surface area contributed by atoms with E-state index in [1.807, 2.05) is 58.9 Å². The van der Waals surface area contributed by atoms with Gasteiger partial charge < -0.3 is 10.1 Å². The smallest absolute Gasteiger partial charge is 0.329 e. The van der Waals surface area contributed by atoms with Gasteiger partial charge in [-0.3, -0.25) is 0 Å². The van der Waals surface area contributed by atoms with E-state index in [0.29, 0.717) is 6.61 Å². The summed E-state index contributed by atoms with van der Waals surface area (Å²) in [5, 5.41) is 3.30. The lowest BCUT2D eigenvalue weighted by Gasteiger charge is -2.30. The molecule has 3 heteroatoms. The Bertz CT molecular complexity index is 407. The quantitative estimate of drug-likeness (QED) is 0.831. The van der Waals surface area contributed by atoms with Crippen molar-refractivity contribution in [2.45, 2.75) is 40.7 Å². The Morgan fingerprint density at radius 3 is 2.44 bits per heavy atom. The van der Waals surface area contributed by atoms with E-state index in [-0.39, 0.29) is 17.4 Å². The molecule has 0 aliphatic rings. The number of hydrogen-bond donors (Lipinski definition) is 1. The number of hydrogen-bond acceptors (Lipinski definition) is 3. The van der Waals surface area contributed by atoms with Gasteiger partial charge in [0.15, 0.2) is 0 Å². The van der Waals surface area contributed by atoms with Gasteiger partial charge in [-0.1, -0.05) is 39.0 Å². The van der Waals surface area contributed by atoms with Crippen LogP contribution in [0, 0.1) is 12.3 Å². The van der Waals surface area contributed by atoms with E-state index in [0.717, 1.165) is 11.3 Å². The molecule has 1 atom stereocenters. The first-order valence-corrected chi connectivity index (χ1v) is 6.35. The number of esters is 1. The maximum atomic E-state index is 12.0. The summed E-state index contributed by atoms with van der Waals surface area (Å²) in [6, 6.07) is 7.59. The fraction of sp³-hybridized carbons (Fsp3) is 0.533. The summed E-state index contributed by atoms with van der Waals surface area (Å²) in [6.45, 7) is 10.3. The number of benzene rings is 1. The van der Waals surface area contributed by atoms with Crippen LogP contribution in [-0.4, -0.2) is 18.6 Å². The van der Waals surface area contributed by atoms with Crippen molar-refractivity contribution in [2.24, 2.45) is 5.41 Å². The van der Waals surface area contributed by atoms with E-state index in [2.05, 4.69) is 5.32 Å². The maximum absolute atomic E-state index is 12.0. The Morgan fingerprint density at radius 2 is 1.94 bits per heavy atom. The molecule has 0 radical (unpaired) electrons. The Morgan fingerprint density at radius 1 is 1.33 bits per heavy atom. The van der Waals surface area contributed by atoms with Gasteiger partial charge >= 0.3 is 5.97 Å². The van der Waals surface area contributed by atoms with Gasteiger partial charge in [-0.25, -0.2) is 4.79 Å². The van der Waals surface area contributed by atoms with Crippen molar-refractivity contribution in [1.29, 1.82) is 0 Å². The van der Waals surface area contributed by atoms with Gasteiger partial charge in [-0.05, 0) is 30.9 Å². The number of anilines is 1. The SMILES string of the molecule is CCOC(=O)C(Nc1ccccc1C)C(C)(C)C. The highest BCUT2D eigenvalue weighted by atomic mass is 16.5.